The fourth-order valence-electron chi connectivity index (χ4n) is 2.11. The Hall–Kier alpha value is -2.90. The summed E-state index contributed by atoms with van der Waals surface area (Å²) >= 11 is 0. The number of carbonyl (C=O) groups is 2. The molecule has 1 heterocycles. The normalized spacial score (nSPS) is 11.6. The number of hydrogen-bond acceptors (Lipinski definition) is 5. The molecule has 0 saturated heterocycles. The lowest BCUT2D eigenvalue weighted by Crippen LogP contribution is -2.29. The molecule has 0 aliphatic carbocycles. The molecule has 0 aliphatic heterocycles. The Labute approximate surface area is 140 Å². The van der Waals surface area contributed by atoms with Gasteiger partial charge in [0.05, 0.1) is 6.54 Å². The molecule has 3 amide bonds. The number of amides is 3. The summed E-state index contributed by atoms with van der Waals surface area (Å²) in [5.41, 5.74) is 1.84. The van der Waals surface area contributed by atoms with Gasteiger partial charge in [-0.15, -0.1) is 0 Å². The average molecular weight is 331 g/mol. The highest BCUT2D eigenvalue weighted by molar-refractivity contribution is 5.90. The van der Waals surface area contributed by atoms with Crippen LogP contribution in [0.25, 0.3) is 0 Å². The molecule has 8 heteroatoms. The molecule has 128 valence electrons. The van der Waals surface area contributed by atoms with Crippen molar-refractivity contribution in [1.29, 1.82) is 0 Å². The van der Waals surface area contributed by atoms with Gasteiger partial charge >= 0.3 is 6.03 Å². The van der Waals surface area contributed by atoms with E-state index < -0.39 is 5.91 Å². The molecule has 24 heavy (non-hydrogen) atoms. The van der Waals surface area contributed by atoms with Gasteiger partial charge in [0.1, 0.15) is 0 Å². The molecule has 1 aromatic heterocycles. The van der Waals surface area contributed by atoms with Gasteiger partial charge in [-0.1, -0.05) is 37.2 Å². The largest absolute Gasteiger partial charge is 0.352 e. The van der Waals surface area contributed by atoms with Gasteiger partial charge in [-0.25, -0.2) is 4.79 Å². The van der Waals surface area contributed by atoms with Crippen molar-refractivity contribution in [3.8, 4) is 0 Å². The fraction of sp³-hybridized carbons (Fsp3) is 0.375. The number of para-hydroxylation sites is 1. The zero-order valence-electron chi connectivity index (χ0n) is 13.9. The Bertz CT molecular complexity index is 713. The maximum absolute atomic E-state index is 12.1. The molecular formula is C16H21N5O3. The van der Waals surface area contributed by atoms with E-state index in [9.17, 15) is 9.59 Å². The highest BCUT2D eigenvalue weighted by Crippen LogP contribution is 2.26. The van der Waals surface area contributed by atoms with Crippen molar-refractivity contribution in [3.63, 3.8) is 0 Å². The molecule has 0 bridgehead atoms. The number of aromatic nitrogens is 2. The average Bonchev–Trinajstić information content (AvgIpc) is 3.08. The van der Waals surface area contributed by atoms with Crippen molar-refractivity contribution in [2.45, 2.75) is 32.7 Å². The number of anilines is 1. The van der Waals surface area contributed by atoms with Crippen LogP contribution in [0.2, 0.25) is 0 Å². The van der Waals surface area contributed by atoms with Crippen molar-refractivity contribution >= 4 is 17.6 Å². The van der Waals surface area contributed by atoms with E-state index in [0.29, 0.717) is 5.92 Å². The fourth-order valence-corrected chi connectivity index (χ4v) is 2.11. The summed E-state index contributed by atoms with van der Waals surface area (Å²) in [5.74, 6) is -0.0275. The van der Waals surface area contributed by atoms with Crippen LogP contribution >= 0.6 is 0 Å². The first kappa shape index (κ1) is 17.5. The van der Waals surface area contributed by atoms with Gasteiger partial charge in [0, 0.05) is 12.7 Å². The summed E-state index contributed by atoms with van der Waals surface area (Å²) in [5, 5.41) is 11.4. The summed E-state index contributed by atoms with van der Waals surface area (Å²) in [6, 6.07) is 7.29. The van der Waals surface area contributed by atoms with E-state index in [0.717, 1.165) is 17.7 Å². The van der Waals surface area contributed by atoms with E-state index in [2.05, 4.69) is 39.9 Å². The number of rotatable bonds is 6. The zero-order valence-corrected chi connectivity index (χ0v) is 13.9. The predicted octanol–water partition coefficient (Wildman–Crippen LogP) is 2.26. The summed E-state index contributed by atoms with van der Waals surface area (Å²) in [6.07, 6.45) is 0.977. The molecule has 8 nitrogen and oxygen atoms in total. The molecule has 2 rings (SSSR count). The molecule has 2 aromatic rings. The Kier molecular flexibility index (Phi) is 5.89. The van der Waals surface area contributed by atoms with Gasteiger partial charge in [-0.2, -0.15) is 4.98 Å². The molecule has 1 atom stereocenters. The van der Waals surface area contributed by atoms with E-state index in [4.69, 9.17) is 4.52 Å². The maximum Gasteiger partial charge on any atom is 0.319 e. The molecule has 0 aliphatic rings. The molecular weight excluding hydrogens is 310 g/mol. The van der Waals surface area contributed by atoms with Gasteiger partial charge in [-0.3, -0.25) is 4.79 Å². The Morgan fingerprint density at radius 3 is 2.75 bits per heavy atom. The molecule has 0 spiro atoms. The van der Waals surface area contributed by atoms with Crippen LogP contribution in [-0.2, 0) is 6.54 Å². The van der Waals surface area contributed by atoms with Crippen LogP contribution in [0.3, 0.4) is 0 Å². The Morgan fingerprint density at radius 2 is 2.04 bits per heavy atom. The van der Waals surface area contributed by atoms with Gasteiger partial charge in [0.2, 0.25) is 5.89 Å². The molecule has 1 aromatic carbocycles. The lowest BCUT2D eigenvalue weighted by Gasteiger charge is -2.15. The Balaban J connectivity index is 1.94. The minimum Gasteiger partial charge on any atom is -0.352 e. The van der Waals surface area contributed by atoms with Crippen LogP contribution < -0.4 is 16.0 Å². The van der Waals surface area contributed by atoms with Crippen molar-refractivity contribution < 1.29 is 14.1 Å². The van der Waals surface area contributed by atoms with Crippen LogP contribution in [0.1, 0.15) is 48.3 Å². The van der Waals surface area contributed by atoms with E-state index in [1.807, 2.05) is 24.3 Å². The van der Waals surface area contributed by atoms with Crippen LogP contribution in [0.4, 0.5) is 10.5 Å². The number of carbonyl (C=O) groups excluding carboxylic acids is 2. The number of urea groups is 1. The number of nitrogens with one attached hydrogen (secondary N) is 3. The second-order valence-corrected chi connectivity index (χ2v) is 5.30. The van der Waals surface area contributed by atoms with Crippen LogP contribution in [0.15, 0.2) is 28.8 Å². The SMILES string of the molecule is CCC(C)c1ccccc1NC(=O)NCc1nc(C(=O)NC)no1. The van der Waals surface area contributed by atoms with Crippen molar-refractivity contribution in [1.82, 2.24) is 20.8 Å². The predicted molar refractivity (Wildman–Crippen MR) is 88.7 cm³/mol. The first-order valence-corrected chi connectivity index (χ1v) is 7.73. The lowest BCUT2D eigenvalue weighted by molar-refractivity contribution is 0.0950. The van der Waals surface area contributed by atoms with E-state index in [1.165, 1.54) is 7.05 Å². The maximum atomic E-state index is 12.1. The number of hydrogen-bond donors (Lipinski definition) is 3. The summed E-state index contributed by atoms with van der Waals surface area (Å²) in [7, 11) is 1.47. The standard InChI is InChI=1S/C16H21N5O3/c1-4-10(2)11-7-5-6-8-12(11)19-16(23)18-9-13-20-14(21-24-13)15(22)17-3/h5-8,10H,4,9H2,1-3H3,(H,17,22)(H2,18,19,23). The first-order valence-electron chi connectivity index (χ1n) is 7.73. The third-order valence-corrected chi connectivity index (χ3v) is 3.65. The number of benzene rings is 1. The van der Waals surface area contributed by atoms with Crippen LogP contribution in [0.5, 0.6) is 0 Å². The molecule has 0 radical (unpaired) electrons. The van der Waals surface area contributed by atoms with Gasteiger partial charge in [-0.05, 0) is 24.0 Å². The minimum absolute atomic E-state index is 0.0291. The lowest BCUT2D eigenvalue weighted by atomic mass is 9.97. The van der Waals surface area contributed by atoms with Gasteiger partial charge in [0.25, 0.3) is 11.7 Å². The van der Waals surface area contributed by atoms with E-state index >= 15 is 0 Å². The first-order chi connectivity index (χ1) is 11.5. The summed E-state index contributed by atoms with van der Waals surface area (Å²) in [4.78, 5) is 27.3. The van der Waals surface area contributed by atoms with E-state index in [1.54, 1.807) is 0 Å². The van der Waals surface area contributed by atoms with Crippen molar-refractivity contribution in [2.75, 3.05) is 12.4 Å². The zero-order chi connectivity index (χ0) is 17.5. The van der Waals surface area contributed by atoms with Crippen LogP contribution in [0, 0.1) is 0 Å². The summed E-state index contributed by atoms with van der Waals surface area (Å²) < 4.78 is 4.90. The molecule has 0 fully saturated rings. The second kappa shape index (κ2) is 8.09. The van der Waals surface area contributed by atoms with Gasteiger partial charge < -0.3 is 20.5 Å². The highest BCUT2D eigenvalue weighted by Gasteiger charge is 2.14. The highest BCUT2D eigenvalue weighted by atomic mass is 16.5. The van der Waals surface area contributed by atoms with Crippen molar-refractivity contribution in [3.05, 3.63) is 41.5 Å². The van der Waals surface area contributed by atoms with Crippen LogP contribution in [-0.4, -0.2) is 29.1 Å². The Morgan fingerprint density at radius 1 is 1.29 bits per heavy atom. The van der Waals surface area contributed by atoms with Gasteiger partial charge in [0.15, 0.2) is 0 Å². The number of nitrogens with zero attached hydrogens (tertiary/aromatic N) is 2. The third-order valence-electron chi connectivity index (χ3n) is 3.65. The summed E-state index contributed by atoms with van der Waals surface area (Å²) in [6.45, 7) is 4.24. The smallest absolute Gasteiger partial charge is 0.319 e. The van der Waals surface area contributed by atoms with E-state index in [-0.39, 0.29) is 24.3 Å². The minimum atomic E-state index is -0.447. The third kappa shape index (κ3) is 4.31. The molecule has 3 N–H and O–H groups in total. The monoisotopic (exact) mass is 331 g/mol. The van der Waals surface area contributed by atoms with Crippen molar-refractivity contribution in [2.24, 2.45) is 0 Å². The molecule has 0 saturated carbocycles. The quantitative estimate of drug-likeness (QED) is 0.752. The topological polar surface area (TPSA) is 109 Å². The molecule has 1 unspecified atom stereocenters. The second-order valence-electron chi connectivity index (χ2n) is 5.30.